The summed E-state index contributed by atoms with van der Waals surface area (Å²) in [4.78, 5) is 30.3. The molecule has 8 heteroatoms. The van der Waals surface area contributed by atoms with E-state index in [9.17, 15) is 14.7 Å². The van der Waals surface area contributed by atoms with Crippen molar-refractivity contribution in [1.82, 2.24) is 24.8 Å². The molecule has 0 bridgehead atoms. The van der Waals surface area contributed by atoms with Gasteiger partial charge in [-0.2, -0.15) is 15.0 Å². The number of amides is 2. The van der Waals surface area contributed by atoms with Crippen LogP contribution < -0.4 is 0 Å². The van der Waals surface area contributed by atoms with Crippen LogP contribution in [-0.2, 0) is 0 Å². The van der Waals surface area contributed by atoms with E-state index in [1.165, 1.54) is 9.70 Å². The number of rotatable bonds is 2. The van der Waals surface area contributed by atoms with Crippen LogP contribution >= 0.6 is 0 Å². The Morgan fingerprint density at radius 1 is 1.21 bits per heavy atom. The fourth-order valence-electron chi connectivity index (χ4n) is 5.03. The Labute approximate surface area is 170 Å². The van der Waals surface area contributed by atoms with Crippen LogP contribution in [0.4, 0.5) is 4.79 Å². The largest absolute Gasteiger partial charge is 0.465 e. The lowest BCUT2D eigenvalue weighted by Gasteiger charge is -2.67. The summed E-state index contributed by atoms with van der Waals surface area (Å²) in [5, 5.41) is 18.0. The average molecular weight is 397 g/mol. The third kappa shape index (κ3) is 2.89. The molecule has 1 unspecified atom stereocenters. The van der Waals surface area contributed by atoms with Gasteiger partial charge in [0, 0.05) is 25.6 Å². The number of hydrogen-bond acceptors (Lipinski definition) is 4. The normalized spacial score (nSPS) is 24.1. The summed E-state index contributed by atoms with van der Waals surface area (Å²) < 4.78 is 0. The fourth-order valence-corrected chi connectivity index (χ4v) is 5.03. The number of benzene rings is 1. The number of fused-ring (bicyclic) bond motifs is 1. The maximum Gasteiger partial charge on any atom is 0.407 e. The SMILES string of the molecule is Cc1ccc(-n2nccn2)c(C(=O)N2C[C@@H]3CCN(C(=O)O)CC32C(C)(C)C)c1. The van der Waals surface area contributed by atoms with Gasteiger partial charge in [0.1, 0.15) is 0 Å². The van der Waals surface area contributed by atoms with Gasteiger partial charge in [0.25, 0.3) is 5.91 Å². The van der Waals surface area contributed by atoms with Crippen LogP contribution in [0.5, 0.6) is 0 Å². The van der Waals surface area contributed by atoms with Gasteiger partial charge in [-0.3, -0.25) is 4.79 Å². The van der Waals surface area contributed by atoms with Gasteiger partial charge in [0.15, 0.2) is 0 Å². The zero-order chi connectivity index (χ0) is 21.0. The first-order valence-corrected chi connectivity index (χ1v) is 9.92. The number of carboxylic acid groups (broad SMARTS) is 1. The second kappa shape index (κ2) is 6.57. The summed E-state index contributed by atoms with van der Waals surface area (Å²) in [5.74, 6) is 0.192. The highest BCUT2D eigenvalue weighted by Crippen LogP contribution is 2.53. The van der Waals surface area contributed by atoms with Crippen LogP contribution in [0.25, 0.3) is 5.69 Å². The van der Waals surface area contributed by atoms with Crippen molar-refractivity contribution in [3.63, 3.8) is 0 Å². The number of aromatic nitrogens is 3. The van der Waals surface area contributed by atoms with Gasteiger partial charge >= 0.3 is 6.09 Å². The average Bonchev–Trinajstić information content (AvgIpc) is 3.15. The molecule has 154 valence electrons. The second-order valence-corrected chi connectivity index (χ2v) is 9.12. The molecule has 2 aliphatic rings. The first kappa shape index (κ1) is 19.4. The monoisotopic (exact) mass is 397 g/mol. The molecule has 0 spiro atoms. The first-order valence-electron chi connectivity index (χ1n) is 9.92. The van der Waals surface area contributed by atoms with Crippen molar-refractivity contribution in [2.24, 2.45) is 11.3 Å². The van der Waals surface area contributed by atoms with Crippen LogP contribution in [0.1, 0.15) is 43.1 Å². The van der Waals surface area contributed by atoms with Crippen molar-refractivity contribution in [3.8, 4) is 5.69 Å². The number of aryl methyl sites for hydroxylation is 1. The van der Waals surface area contributed by atoms with E-state index in [1.807, 2.05) is 30.0 Å². The molecule has 1 aromatic carbocycles. The van der Waals surface area contributed by atoms with Crippen molar-refractivity contribution in [3.05, 3.63) is 41.7 Å². The maximum absolute atomic E-state index is 13.8. The summed E-state index contributed by atoms with van der Waals surface area (Å²) >= 11 is 0. The van der Waals surface area contributed by atoms with Crippen LogP contribution in [0.15, 0.2) is 30.6 Å². The number of carbonyl (C=O) groups excluding carboxylic acids is 1. The second-order valence-electron chi connectivity index (χ2n) is 9.12. The highest BCUT2D eigenvalue weighted by atomic mass is 16.4. The van der Waals surface area contributed by atoms with E-state index in [4.69, 9.17) is 0 Å². The molecule has 3 heterocycles. The molecule has 1 N–H and O–H groups in total. The Hall–Kier alpha value is -2.90. The standard InChI is InChI=1S/C21H27N5O3/c1-14-5-6-17(26-22-8-9-23-26)16(11-14)18(27)25-12-15-7-10-24(19(28)29)13-21(15,25)20(2,3)4/h5-6,8-9,11,15H,7,10,12-13H2,1-4H3,(H,28,29)/t15-,21?/m0/s1. The van der Waals surface area contributed by atoms with Crippen LogP contribution in [0.2, 0.25) is 0 Å². The highest BCUT2D eigenvalue weighted by molar-refractivity contribution is 5.99. The van der Waals surface area contributed by atoms with Crippen molar-refractivity contribution in [2.75, 3.05) is 19.6 Å². The predicted octanol–water partition coefficient (Wildman–Crippen LogP) is 2.82. The molecule has 29 heavy (non-hydrogen) atoms. The number of piperidine rings is 1. The first-order chi connectivity index (χ1) is 13.6. The molecule has 2 aliphatic heterocycles. The molecule has 1 aromatic heterocycles. The van der Waals surface area contributed by atoms with Gasteiger partial charge in [-0.1, -0.05) is 32.4 Å². The summed E-state index contributed by atoms with van der Waals surface area (Å²) in [6.45, 7) is 9.73. The van der Waals surface area contributed by atoms with Gasteiger partial charge in [0.05, 0.1) is 29.2 Å². The van der Waals surface area contributed by atoms with Crippen molar-refractivity contribution in [1.29, 1.82) is 0 Å². The molecule has 2 atom stereocenters. The summed E-state index contributed by atoms with van der Waals surface area (Å²) in [5.41, 5.74) is 1.34. The van der Waals surface area contributed by atoms with E-state index in [-0.39, 0.29) is 17.2 Å². The van der Waals surface area contributed by atoms with Crippen LogP contribution in [0.3, 0.4) is 0 Å². The topological polar surface area (TPSA) is 91.6 Å². The van der Waals surface area contributed by atoms with Gasteiger partial charge in [0.2, 0.25) is 0 Å². The molecule has 0 saturated carbocycles. The molecule has 4 rings (SSSR count). The lowest BCUT2D eigenvalue weighted by Crippen LogP contribution is -2.80. The van der Waals surface area contributed by atoms with E-state index < -0.39 is 11.6 Å². The zero-order valence-electron chi connectivity index (χ0n) is 17.3. The molecule has 0 radical (unpaired) electrons. The van der Waals surface area contributed by atoms with Gasteiger partial charge in [-0.05, 0) is 30.9 Å². The third-order valence-corrected chi connectivity index (χ3v) is 6.57. The molecule has 8 nitrogen and oxygen atoms in total. The number of likely N-dealkylation sites (tertiary alicyclic amines) is 2. The third-order valence-electron chi connectivity index (χ3n) is 6.57. The Morgan fingerprint density at radius 2 is 1.90 bits per heavy atom. The zero-order valence-corrected chi connectivity index (χ0v) is 17.3. The van der Waals surface area contributed by atoms with E-state index in [1.54, 1.807) is 12.4 Å². The molecular formula is C21H27N5O3. The smallest absolute Gasteiger partial charge is 0.407 e. The van der Waals surface area contributed by atoms with Crippen molar-refractivity contribution >= 4 is 12.0 Å². The molecule has 2 aromatic rings. The molecular weight excluding hydrogens is 370 g/mol. The lowest BCUT2D eigenvalue weighted by molar-refractivity contribution is -0.154. The minimum Gasteiger partial charge on any atom is -0.465 e. The Bertz CT molecular complexity index is 950. The summed E-state index contributed by atoms with van der Waals surface area (Å²) in [6, 6.07) is 5.65. The molecule has 0 aliphatic carbocycles. The summed E-state index contributed by atoms with van der Waals surface area (Å²) in [6.07, 6.45) is 3.00. The Morgan fingerprint density at radius 3 is 2.52 bits per heavy atom. The minimum absolute atomic E-state index is 0.0978. The minimum atomic E-state index is -0.927. The van der Waals surface area contributed by atoms with E-state index in [0.29, 0.717) is 30.9 Å². The van der Waals surface area contributed by atoms with E-state index in [0.717, 1.165) is 12.0 Å². The van der Waals surface area contributed by atoms with Gasteiger partial charge in [-0.15, -0.1) is 0 Å². The van der Waals surface area contributed by atoms with Crippen LogP contribution in [-0.4, -0.2) is 67.1 Å². The highest BCUT2D eigenvalue weighted by Gasteiger charge is 2.64. The molecule has 2 saturated heterocycles. The molecule has 2 amide bonds. The Balaban J connectivity index is 1.76. The number of nitrogens with zero attached hydrogens (tertiary/aromatic N) is 5. The predicted molar refractivity (Wildman–Crippen MR) is 107 cm³/mol. The maximum atomic E-state index is 13.8. The van der Waals surface area contributed by atoms with E-state index in [2.05, 4.69) is 31.0 Å². The van der Waals surface area contributed by atoms with Crippen molar-refractivity contribution < 1.29 is 14.7 Å². The Kier molecular flexibility index (Phi) is 4.40. The lowest BCUT2D eigenvalue weighted by atomic mass is 9.56. The number of carbonyl (C=O) groups is 2. The number of hydrogen-bond donors (Lipinski definition) is 1. The fraction of sp³-hybridized carbons (Fsp3) is 0.524. The van der Waals surface area contributed by atoms with E-state index >= 15 is 0 Å². The summed E-state index contributed by atoms with van der Waals surface area (Å²) in [7, 11) is 0. The van der Waals surface area contributed by atoms with Crippen LogP contribution in [0, 0.1) is 18.3 Å². The molecule has 2 fully saturated rings. The van der Waals surface area contributed by atoms with Gasteiger partial charge < -0.3 is 14.9 Å². The quantitative estimate of drug-likeness (QED) is 0.841. The van der Waals surface area contributed by atoms with Crippen molar-refractivity contribution in [2.45, 2.75) is 39.7 Å². The van der Waals surface area contributed by atoms with Gasteiger partial charge in [-0.25, -0.2) is 4.79 Å².